The highest BCUT2D eigenvalue weighted by Gasteiger charge is 2.17. The van der Waals surface area contributed by atoms with Gasteiger partial charge in [-0.2, -0.15) is 5.10 Å². The summed E-state index contributed by atoms with van der Waals surface area (Å²) >= 11 is 0. The fourth-order valence-corrected chi connectivity index (χ4v) is 2.70. The standard InChI is InChI=1S/C16H21N3/c1-14-8-11-18(12-9-14)13-16-7-10-17-19(16)15-5-3-2-4-6-15/h2-7,10,14H,8-9,11-13H2,1H3. The van der Waals surface area contributed by atoms with E-state index < -0.39 is 0 Å². The van der Waals surface area contributed by atoms with Crippen LogP contribution in [0.1, 0.15) is 25.5 Å². The summed E-state index contributed by atoms with van der Waals surface area (Å²) in [5.41, 5.74) is 2.42. The maximum atomic E-state index is 4.46. The number of aromatic nitrogens is 2. The molecule has 3 heteroatoms. The van der Waals surface area contributed by atoms with Gasteiger partial charge in [0.25, 0.3) is 0 Å². The van der Waals surface area contributed by atoms with Crippen LogP contribution in [0.2, 0.25) is 0 Å². The van der Waals surface area contributed by atoms with Gasteiger partial charge in [0, 0.05) is 12.7 Å². The number of benzene rings is 1. The van der Waals surface area contributed by atoms with Gasteiger partial charge in [0.1, 0.15) is 0 Å². The lowest BCUT2D eigenvalue weighted by Crippen LogP contribution is -2.33. The highest BCUT2D eigenvalue weighted by molar-refractivity contribution is 5.32. The smallest absolute Gasteiger partial charge is 0.0649 e. The van der Waals surface area contributed by atoms with E-state index in [0.29, 0.717) is 0 Å². The lowest BCUT2D eigenvalue weighted by Gasteiger charge is -2.30. The third-order valence-corrected chi connectivity index (χ3v) is 3.98. The fourth-order valence-electron chi connectivity index (χ4n) is 2.70. The third kappa shape index (κ3) is 2.87. The first-order chi connectivity index (χ1) is 9.33. The number of para-hydroxylation sites is 1. The zero-order valence-electron chi connectivity index (χ0n) is 11.5. The number of likely N-dealkylation sites (tertiary alicyclic amines) is 1. The third-order valence-electron chi connectivity index (χ3n) is 3.98. The molecule has 3 rings (SSSR count). The van der Waals surface area contributed by atoms with E-state index >= 15 is 0 Å². The van der Waals surface area contributed by atoms with Crippen molar-refractivity contribution < 1.29 is 0 Å². The van der Waals surface area contributed by atoms with Crippen molar-refractivity contribution in [2.45, 2.75) is 26.3 Å². The Balaban J connectivity index is 1.74. The van der Waals surface area contributed by atoms with Crippen molar-refractivity contribution in [2.24, 2.45) is 5.92 Å². The number of hydrogen-bond acceptors (Lipinski definition) is 2. The van der Waals surface area contributed by atoms with Crippen LogP contribution >= 0.6 is 0 Å². The molecule has 2 aromatic rings. The Bertz CT molecular complexity index is 510. The van der Waals surface area contributed by atoms with Crippen LogP contribution < -0.4 is 0 Å². The molecule has 0 unspecified atom stereocenters. The second kappa shape index (κ2) is 5.57. The monoisotopic (exact) mass is 255 g/mol. The molecule has 0 atom stereocenters. The van der Waals surface area contributed by atoms with Crippen molar-refractivity contribution in [1.29, 1.82) is 0 Å². The topological polar surface area (TPSA) is 21.1 Å². The van der Waals surface area contributed by atoms with Crippen LogP contribution in [0.3, 0.4) is 0 Å². The van der Waals surface area contributed by atoms with Gasteiger partial charge in [-0.15, -0.1) is 0 Å². The van der Waals surface area contributed by atoms with Gasteiger partial charge < -0.3 is 0 Å². The van der Waals surface area contributed by atoms with Gasteiger partial charge in [-0.3, -0.25) is 4.90 Å². The van der Waals surface area contributed by atoms with E-state index in [1.54, 1.807) is 0 Å². The van der Waals surface area contributed by atoms with Crippen LogP contribution in [-0.4, -0.2) is 27.8 Å². The first-order valence-corrected chi connectivity index (χ1v) is 7.13. The predicted molar refractivity (Wildman–Crippen MR) is 77.2 cm³/mol. The normalized spacial score (nSPS) is 17.7. The molecule has 3 nitrogen and oxygen atoms in total. The first-order valence-electron chi connectivity index (χ1n) is 7.13. The van der Waals surface area contributed by atoms with Gasteiger partial charge in [-0.05, 0) is 50.0 Å². The van der Waals surface area contributed by atoms with E-state index in [1.165, 1.54) is 31.6 Å². The van der Waals surface area contributed by atoms with E-state index in [0.717, 1.165) is 18.2 Å². The molecular formula is C16H21N3. The summed E-state index contributed by atoms with van der Waals surface area (Å²) in [5.74, 6) is 0.885. The first kappa shape index (κ1) is 12.4. The van der Waals surface area contributed by atoms with Crippen molar-refractivity contribution in [1.82, 2.24) is 14.7 Å². The molecule has 2 heterocycles. The molecule has 19 heavy (non-hydrogen) atoms. The molecule has 0 saturated carbocycles. The van der Waals surface area contributed by atoms with Crippen molar-refractivity contribution in [3.05, 3.63) is 48.3 Å². The van der Waals surface area contributed by atoms with Gasteiger partial charge >= 0.3 is 0 Å². The summed E-state index contributed by atoms with van der Waals surface area (Å²) in [6.45, 7) is 5.77. The minimum atomic E-state index is 0.885. The van der Waals surface area contributed by atoms with E-state index in [2.05, 4.69) is 51.9 Å². The Hall–Kier alpha value is -1.61. The average molecular weight is 255 g/mol. The van der Waals surface area contributed by atoms with Gasteiger partial charge in [-0.25, -0.2) is 4.68 Å². The van der Waals surface area contributed by atoms with Crippen LogP contribution in [0.25, 0.3) is 5.69 Å². The number of piperidine rings is 1. The van der Waals surface area contributed by atoms with Gasteiger partial charge in [0.15, 0.2) is 0 Å². The summed E-state index contributed by atoms with van der Waals surface area (Å²) in [5, 5.41) is 4.46. The molecule has 100 valence electrons. The van der Waals surface area contributed by atoms with Crippen LogP contribution in [0.5, 0.6) is 0 Å². The maximum absolute atomic E-state index is 4.46. The summed E-state index contributed by atoms with van der Waals surface area (Å²) < 4.78 is 2.05. The Labute approximate surface area is 114 Å². The molecule has 0 amide bonds. The lowest BCUT2D eigenvalue weighted by atomic mass is 9.99. The van der Waals surface area contributed by atoms with Crippen molar-refractivity contribution in [2.75, 3.05) is 13.1 Å². The zero-order valence-corrected chi connectivity index (χ0v) is 11.5. The molecular weight excluding hydrogens is 234 g/mol. The van der Waals surface area contributed by atoms with E-state index in [4.69, 9.17) is 0 Å². The largest absolute Gasteiger partial charge is 0.297 e. The van der Waals surface area contributed by atoms with Gasteiger partial charge in [0.05, 0.1) is 11.4 Å². The maximum Gasteiger partial charge on any atom is 0.0649 e. The van der Waals surface area contributed by atoms with Crippen LogP contribution in [-0.2, 0) is 6.54 Å². The second-order valence-electron chi connectivity index (χ2n) is 5.53. The van der Waals surface area contributed by atoms with Crippen LogP contribution in [0, 0.1) is 5.92 Å². The Morgan fingerprint density at radius 1 is 1.11 bits per heavy atom. The molecule has 1 aliphatic heterocycles. The van der Waals surface area contributed by atoms with E-state index in [9.17, 15) is 0 Å². The van der Waals surface area contributed by atoms with Gasteiger partial charge in [0.2, 0.25) is 0 Å². The molecule has 1 fully saturated rings. The molecule has 0 spiro atoms. The van der Waals surface area contributed by atoms with Crippen molar-refractivity contribution in [3.8, 4) is 5.69 Å². The predicted octanol–water partition coefficient (Wildman–Crippen LogP) is 3.10. The number of nitrogens with zero attached hydrogens (tertiary/aromatic N) is 3. The average Bonchev–Trinajstić information content (AvgIpc) is 2.90. The summed E-state index contributed by atoms with van der Waals surface area (Å²) in [6, 6.07) is 12.5. The molecule has 0 N–H and O–H groups in total. The number of rotatable bonds is 3. The van der Waals surface area contributed by atoms with E-state index in [1.807, 2.05) is 12.3 Å². The minimum Gasteiger partial charge on any atom is -0.297 e. The highest BCUT2D eigenvalue weighted by atomic mass is 15.3. The Kier molecular flexibility index (Phi) is 3.65. The second-order valence-corrected chi connectivity index (χ2v) is 5.53. The molecule has 1 saturated heterocycles. The van der Waals surface area contributed by atoms with Crippen molar-refractivity contribution in [3.63, 3.8) is 0 Å². The molecule has 0 aliphatic carbocycles. The zero-order chi connectivity index (χ0) is 13.1. The summed E-state index contributed by atoms with van der Waals surface area (Å²) in [6.07, 6.45) is 4.54. The van der Waals surface area contributed by atoms with E-state index in [-0.39, 0.29) is 0 Å². The highest BCUT2D eigenvalue weighted by Crippen LogP contribution is 2.19. The van der Waals surface area contributed by atoms with Crippen LogP contribution in [0.15, 0.2) is 42.6 Å². The lowest BCUT2D eigenvalue weighted by molar-refractivity contribution is 0.182. The number of hydrogen-bond donors (Lipinski definition) is 0. The quantitative estimate of drug-likeness (QED) is 0.840. The molecule has 1 aromatic heterocycles. The molecule has 0 bridgehead atoms. The fraction of sp³-hybridized carbons (Fsp3) is 0.438. The molecule has 0 radical (unpaired) electrons. The Morgan fingerprint density at radius 3 is 2.58 bits per heavy atom. The van der Waals surface area contributed by atoms with Crippen molar-refractivity contribution >= 4 is 0 Å². The summed E-state index contributed by atoms with van der Waals surface area (Å²) in [4.78, 5) is 2.54. The van der Waals surface area contributed by atoms with Gasteiger partial charge in [-0.1, -0.05) is 25.1 Å². The molecule has 1 aromatic carbocycles. The summed E-state index contributed by atoms with van der Waals surface area (Å²) in [7, 11) is 0. The molecule has 1 aliphatic rings. The SMILES string of the molecule is CC1CCN(Cc2ccnn2-c2ccccc2)CC1. The van der Waals surface area contributed by atoms with Crippen LogP contribution in [0.4, 0.5) is 0 Å². The Morgan fingerprint density at radius 2 is 1.84 bits per heavy atom. The minimum absolute atomic E-state index is 0.885.